The van der Waals surface area contributed by atoms with Crippen molar-refractivity contribution in [3.05, 3.63) is 61.2 Å². The van der Waals surface area contributed by atoms with Crippen molar-refractivity contribution in [1.82, 2.24) is 0 Å². The van der Waals surface area contributed by atoms with Crippen LogP contribution in [0.4, 0.5) is 0 Å². The van der Waals surface area contributed by atoms with Gasteiger partial charge in [-0.2, -0.15) is 0 Å². The molecule has 0 heterocycles. The van der Waals surface area contributed by atoms with Gasteiger partial charge in [-0.05, 0) is 47.9 Å². The Hall–Kier alpha value is -2.26. The van der Waals surface area contributed by atoms with Crippen molar-refractivity contribution in [3.63, 3.8) is 0 Å². The Morgan fingerprint density at radius 1 is 1.00 bits per heavy atom. The average Bonchev–Trinajstić information content (AvgIpc) is 2.54. The first-order chi connectivity index (χ1) is 10.2. The van der Waals surface area contributed by atoms with Gasteiger partial charge in [0.1, 0.15) is 11.5 Å². The van der Waals surface area contributed by atoms with Crippen LogP contribution in [0.25, 0.3) is 11.1 Å². The molecule has 0 aromatic heterocycles. The van der Waals surface area contributed by atoms with Gasteiger partial charge in [-0.25, -0.2) is 0 Å². The average molecular weight is 284 g/mol. The quantitative estimate of drug-likeness (QED) is 0.616. The number of aliphatic hydroxyl groups excluding tert-OH is 1. The van der Waals surface area contributed by atoms with Crippen molar-refractivity contribution in [3.8, 4) is 22.6 Å². The summed E-state index contributed by atoms with van der Waals surface area (Å²) in [7, 11) is 0. The van der Waals surface area contributed by atoms with E-state index in [1.54, 1.807) is 0 Å². The van der Waals surface area contributed by atoms with Crippen LogP contribution in [0.2, 0.25) is 0 Å². The minimum absolute atomic E-state index is 0.606. The van der Waals surface area contributed by atoms with Crippen molar-refractivity contribution in [1.29, 1.82) is 0 Å². The summed E-state index contributed by atoms with van der Waals surface area (Å²) >= 11 is 0. The van der Waals surface area contributed by atoms with Crippen LogP contribution < -0.4 is 9.47 Å². The van der Waals surface area contributed by atoms with Gasteiger partial charge in [0.25, 0.3) is 0 Å². The van der Waals surface area contributed by atoms with Gasteiger partial charge in [0.15, 0.2) is 0 Å². The van der Waals surface area contributed by atoms with E-state index in [9.17, 15) is 5.11 Å². The van der Waals surface area contributed by atoms with Crippen molar-refractivity contribution < 1.29 is 14.6 Å². The number of aliphatic hydroxyl groups is 1. The van der Waals surface area contributed by atoms with Gasteiger partial charge in [0.05, 0.1) is 6.61 Å². The minimum Gasteiger partial charge on any atom is -0.494 e. The third-order valence-electron chi connectivity index (χ3n) is 2.97. The third kappa shape index (κ3) is 4.36. The molecule has 0 saturated carbocycles. The number of ether oxygens (including phenoxy) is 2. The summed E-state index contributed by atoms with van der Waals surface area (Å²) in [5.41, 5.74) is 2.19. The first kappa shape index (κ1) is 15.1. The molecule has 3 nitrogen and oxygen atoms in total. The molecule has 3 heteroatoms. The van der Waals surface area contributed by atoms with Gasteiger partial charge in [0, 0.05) is 0 Å². The van der Waals surface area contributed by atoms with E-state index in [1.807, 2.05) is 48.5 Å². The van der Waals surface area contributed by atoms with Gasteiger partial charge in [-0.3, -0.25) is 0 Å². The molecule has 1 atom stereocenters. The van der Waals surface area contributed by atoms with E-state index in [1.165, 1.54) is 6.08 Å². The highest BCUT2D eigenvalue weighted by Crippen LogP contribution is 2.25. The van der Waals surface area contributed by atoms with Crippen molar-refractivity contribution in [2.24, 2.45) is 0 Å². The highest BCUT2D eigenvalue weighted by Gasteiger charge is 2.02. The molecule has 0 amide bonds. The van der Waals surface area contributed by atoms with E-state index >= 15 is 0 Å². The van der Waals surface area contributed by atoms with Gasteiger partial charge in [-0.1, -0.05) is 37.8 Å². The Labute approximate surface area is 125 Å². The Morgan fingerprint density at radius 2 is 1.52 bits per heavy atom. The van der Waals surface area contributed by atoms with E-state index in [0.29, 0.717) is 5.75 Å². The van der Waals surface area contributed by atoms with Crippen LogP contribution in [0.3, 0.4) is 0 Å². The highest BCUT2D eigenvalue weighted by molar-refractivity contribution is 5.64. The molecule has 0 fully saturated rings. The lowest BCUT2D eigenvalue weighted by Crippen LogP contribution is -2.10. The second kappa shape index (κ2) is 7.50. The predicted octanol–water partition coefficient (Wildman–Crippen LogP) is 4.03. The molecule has 0 radical (unpaired) electrons. The second-order valence-corrected chi connectivity index (χ2v) is 4.64. The Morgan fingerprint density at radius 3 is 2.00 bits per heavy atom. The first-order valence-electron chi connectivity index (χ1n) is 7.03. The molecule has 0 aliphatic carbocycles. The molecule has 2 aromatic carbocycles. The van der Waals surface area contributed by atoms with Crippen LogP contribution in [-0.4, -0.2) is 18.0 Å². The summed E-state index contributed by atoms with van der Waals surface area (Å²) in [4.78, 5) is 0. The topological polar surface area (TPSA) is 38.7 Å². The Balaban J connectivity index is 2.06. The summed E-state index contributed by atoms with van der Waals surface area (Å²) in [6.45, 7) is 6.28. The van der Waals surface area contributed by atoms with E-state index in [0.717, 1.165) is 29.9 Å². The maximum atomic E-state index is 9.34. The molecular formula is C18H20O3. The highest BCUT2D eigenvalue weighted by atomic mass is 16.6. The monoisotopic (exact) mass is 284 g/mol. The molecule has 2 rings (SSSR count). The zero-order valence-electron chi connectivity index (χ0n) is 12.2. The fourth-order valence-electron chi connectivity index (χ4n) is 1.88. The number of hydrogen-bond acceptors (Lipinski definition) is 3. The third-order valence-corrected chi connectivity index (χ3v) is 2.97. The van der Waals surface area contributed by atoms with Crippen LogP contribution in [0, 0.1) is 0 Å². The van der Waals surface area contributed by atoms with Gasteiger partial charge >= 0.3 is 0 Å². The lowest BCUT2D eigenvalue weighted by Gasteiger charge is -2.10. The Bertz CT molecular complexity index is 558. The van der Waals surface area contributed by atoms with Crippen LogP contribution >= 0.6 is 0 Å². The smallest absolute Gasteiger partial charge is 0.216 e. The number of benzene rings is 2. The van der Waals surface area contributed by atoms with E-state index in [4.69, 9.17) is 9.47 Å². The molecule has 0 aliphatic rings. The van der Waals surface area contributed by atoms with Crippen LogP contribution in [0.15, 0.2) is 61.2 Å². The molecule has 1 unspecified atom stereocenters. The van der Waals surface area contributed by atoms with E-state index in [-0.39, 0.29) is 0 Å². The van der Waals surface area contributed by atoms with Crippen molar-refractivity contribution >= 4 is 0 Å². The summed E-state index contributed by atoms with van der Waals surface area (Å²) in [6.07, 6.45) is 1.36. The fraction of sp³-hybridized carbons (Fsp3) is 0.222. The van der Waals surface area contributed by atoms with Crippen LogP contribution in [0.5, 0.6) is 11.5 Å². The van der Waals surface area contributed by atoms with Gasteiger partial charge < -0.3 is 14.6 Å². The molecule has 0 spiro atoms. The SMILES string of the molecule is C=CC(O)Oc1ccc(-c2ccc(OCCC)cc2)cc1. The molecule has 1 N–H and O–H groups in total. The lowest BCUT2D eigenvalue weighted by molar-refractivity contribution is 0.0251. The summed E-state index contributed by atoms with van der Waals surface area (Å²) in [5, 5.41) is 9.34. The second-order valence-electron chi connectivity index (χ2n) is 4.64. The zero-order valence-corrected chi connectivity index (χ0v) is 12.2. The van der Waals surface area contributed by atoms with Crippen LogP contribution in [-0.2, 0) is 0 Å². The summed E-state index contributed by atoms with van der Waals surface area (Å²) in [5.74, 6) is 1.49. The van der Waals surface area contributed by atoms with E-state index in [2.05, 4.69) is 13.5 Å². The van der Waals surface area contributed by atoms with Crippen molar-refractivity contribution in [2.75, 3.05) is 6.61 Å². The lowest BCUT2D eigenvalue weighted by atomic mass is 10.1. The molecule has 0 bridgehead atoms. The first-order valence-corrected chi connectivity index (χ1v) is 7.03. The maximum absolute atomic E-state index is 9.34. The zero-order chi connectivity index (χ0) is 15.1. The van der Waals surface area contributed by atoms with Crippen molar-refractivity contribution in [2.45, 2.75) is 19.6 Å². The maximum Gasteiger partial charge on any atom is 0.216 e. The molecule has 110 valence electrons. The summed E-state index contributed by atoms with van der Waals surface area (Å²) in [6, 6.07) is 15.5. The minimum atomic E-state index is -0.981. The number of rotatable bonds is 7. The van der Waals surface area contributed by atoms with E-state index < -0.39 is 6.29 Å². The Kier molecular flexibility index (Phi) is 5.41. The largest absolute Gasteiger partial charge is 0.494 e. The van der Waals surface area contributed by atoms with Gasteiger partial charge in [-0.15, -0.1) is 0 Å². The number of hydrogen-bond donors (Lipinski definition) is 1. The molecule has 0 saturated heterocycles. The predicted molar refractivity (Wildman–Crippen MR) is 84.5 cm³/mol. The van der Waals surface area contributed by atoms with Gasteiger partial charge in [0.2, 0.25) is 6.29 Å². The fourth-order valence-corrected chi connectivity index (χ4v) is 1.88. The molecular weight excluding hydrogens is 264 g/mol. The standard InChI is InChI=1S/C18H20O3/c1-3-13-20-16-9-5-14(6-10-16)15-7-11-17(12-8-15)21-18(19)4-2/h4-12,18-19H,2-3,13H2,1H3. The summed E-state index contributed by atoms with van der Waals surface area (Å²) < 4.78 is 10.8. The molecule has 21 heavy (non-hydrogen) atoms. The molecule has 0 aliphatic heterocycles. The van der Waals surface area contributed by atoms with Crippen LogP contribution in [0.1, 0.15) is 13.3 Å². The molecule has 2 aromatic rings. The normalized spacial score (nSPS) is 11.7.